The largest absolute Gasteiger partial charge is 0.341 e. The van der Waals surface area contributed by atoms with Gasteiger partial charge in [-0.25, -0.2) is 4.98 Å². The maximum Gasteiger partial charge on any atom is 0.245 e. The second-order valence-electron chi connectivity index (χ2n) is 6.41. The van der Waals surface area contributed by atoms with E-state index >= 15 is 0 Å². The molecule has 1 aliphatic heterocycles. The number of likely N-dealkylation sites (tertiary alicyclic amines) is 1. The van der Waals surface area contributed by atoms with E-state index in [-0.39, 0.29) is 11.8 Å². The molecule has 1 fully saturated rings. The van der Waals surface area contributed by atoms with Gasteiger partial charge < -0.3 is 10.2 Å². The molecular formula is C20H23N3O2S. The van der Waals surface area contributed by atoms with Crippen LogP contribution in [0.15, 0.2) is 41.8 Å². The Balaban J connectivity index is 1.68. The highest BCUT2D eigenvalue weighted by atomic mass is 32.1. The number of nitrogens with zero attached hydrogens (tertiary/aromatic N) is 2. The van der Waals surface area contributed by atoms with Crippen LogP contribution in [0.25, 0.3) is 6.08 Å². The van der Waals surface area contributed by atoms with Crippen LogP contribution in [0.2, 0.25) is 0 Å². The van der Waals surface area contributed by atoms with Crippen molar-refractivity contribution in [3.8, 4) is 0 Å². The van der Waals surface area contributed by atoms with Gasteiger partial charge >= 0.3 is 0 Å². The Morgan fingerprint density at radius 3 is 2.65 bits per heavy atom. The van der Waals surface area contributed by atoms with Crippen LogP contribution in [-0.2, 0) is 16.0 Å². The monoisotopic (exact) mass is 369 g/mol. The first kappa shape index (κ1) is 18.3. The molecule has 2 heterocycles. The van der Waals surface area contributed by atoms with Crippen LogP contribution in [0.3, 0.4) is 0 Å². The van der Waals surface area contributed by atoms with Gasteiger partial charge in [0, 0.05) is 31.0 Å². The van der Waals surface area contributed by atoms with E-state index in [4.69, 9.17) is 0 Å². The molecule has 1 unspecified atom stereocenters. The zero-order valence-electron chi connectivity index (χ0n) is 14.9. The van der Waals surface area contributed by atoms with Crippen molar-refractivity contribution in [1.82, 2.24) is 15.2 Å². The normalized spacial score (nSPS) is 15.3. The Hall–Kier alpha value is -2.47. The predicted molar refractivity (Wildman–Crippen MR) is 104 cm³/mol. The topological polar surface area (TPSA) is 62.3 Å². The summed E-state index contributed by atoms with van der Waals surface area (Å²) in [5.74, 6) is -0.276. The molecule has 6 heteroatoms. The van der Waals surface area contributed by atoms with Gasteiger partial charge in [-0.1, -0.05) is 30.3 Å². The first-order valence-corrected chi connectivity index (χ1v) is 9.73. The summed E-state index contributed by atoms with van der Waals surface area (Å²) < 4.78 is 0. The van der Waals surface area contributed by atoms with Gasteiger partial charge in [-0.05, 0) is 31.4 Å². The Morgan fingerprint density at radius 1 is 1.27 bits per heavy atom. The number of benzene rings is 1. The number of amides is 2. The highest BCUT2D eigenvalue weighted by Gasteiger charge is 2.27. The summed E-state index contributed by atoms with van der Waals surface area (Å²) in [6.45, 7) is 3.47. The van der Waals surface area contributed by atoms with Crippen molar-refractivity contribution in [3.05, 3.63) is 58.1 Å². The minimum Gasteiger partial charge on any atom is -0.341 e. The molecule has 0 radical (unpaired) electrons. The summed E-state index contributed by atoms with van der Waals surface area (Å²) in [5, 5.41) is 5.73. The number of carbonyl (C=O) groups excluding carboxylic acids is 2. The molecule has 136 valence electrons. The van der Waals surface area contributed by atoms with Crippen LogP contribution < -0.4 is 5.32 Å². The number of aryl methyl sites for hydroxylation is 1. The van der Waals surface area contributed by atoms with E-state index in [1.165, 1.54) is 17.4 Å². The highest BCUT2D eigenvalue weighted by molar-refractivity contribution is 7.09. The summed E-state index contributed by atoms with van der Waals surface area (Å²) in [6.07, 6.45) is 5.68. The van der Waals surface area contributed by atoms with E-state index in [2.05, 4.69) is 10.3 Å². The van der Waals surface area contributed by atoms with Crippen molar-refractivity contribution >= 4 is 29.2 Å². The number of rotatable bonds is 6. The quantitative estimate of drug-likeness (QED) is 0.797. The van der Waals surface area contributed by atoms with Crippen LogP contribution in [0.1, 0.15) is 29.1 Å². The van der Waals surface area contributed by atoms with Gasteiger partial charge in [0.15, 0.2) is 0 Å². The van der Waals surface area contributed by atoms with E-state index in [9.17, 15) is 9.59 Å². The molecular weight excluding hydrogens is 346 g/mol. The van der Waals surface area contributed by atoms with E-state index < -0.39 is 6.04 Å². The molecule has 0 aliphatic carbocycles. The van der Waals surface area contributed by atoms with E-state index in [1.807, 2.05) is 47.5 Å². The Bertz CT molecular complexity index is 779. The van der Waals surface area contributed by atoms with Crippen molar-refractivity contribution < 1.29 is 9.59 Å². The van der Waals surface area contributed by atoms with Gasteiger partial charge in [-0.3, -0.25) is 9.59 Å². The third-order valence-corrected chi connectivity index (χ3v) is 5.15. The van der Waals surface area contributed by atoms with Gasteiger partial charge in [0.2, 0.25) is 11.8 Å². The van der Waals surface area contributed by atoms with E-state index in [1.54, 1.807) is 6.08 Å². The molecule has 2 amide bonds. The predicted octanol–water partition coefficient (Wildman–Crippen LogP) is 2.81. The average Bonchev–Trinajstić information content (AvgIpc) is 3.31. The summed E-state index contributed by atoms with van der Waals surface area (Å²) in [4.78, 5) is 31.3. The van der Waals surface area contributed by atoms with Crippen molar-refractivity contribution in [2.24, 2.45) is 0 Å². The van der Waals surface area contributed by atoms with Crippen molar-refractivity contribution in [2.45, 2.75) is 32.2 Å². The van der Waals surface area contributed by atoms with Gasteiger partial charge in [0.05, 0.1) is 10.7 Å². The molecule has 1 saturated heterocycles. The second-order valence-corrected chi connectivity index (χ2v) is 7.47. The number of nitrogens with one attached hydrogen (secondary N) is 1. The molecule has 1 aliphatic rings. The molecule has 26 heavy (non-hydrogen) atoms. The van der Waals surface area contributed by atoms with Crippen molar-refractivity contribution in [2.75, 3.05) is 13.1 Å². The summed E-state index contributed by atoms with van der Waals surface area (Å²) >= 11 is 1.54. The molecule has 5 nitrogen and oxygen atoms in total. The first-order chi connectivity index (χ1) is 12.6. The SMILES string of the molecule is Cc1nc(C=CC(=O)NC(Cc2ccccc2)C(=O)N2CCCC2)cs1. The van der Waals surface area contributed by atoms with Gasteiger partial charge in [0.25, 0.3) is 0 Å². The zero-order chi connectivity index (χ0) is 18.4. The lowest BCUT2D eigenvalue weighted by atomic mass is 10.0. The average molecular weight is 369 g/mol. The maximum absolute atomic E-state index is 12.8. The van der Waals surface area contributed by atoms with Crippen molar-refractivity contribution in [1.29, 1.82) is 0 Å². The van der Waals surface area contributed by atoms with E-state index in [0.717, 1.165) is 42.2 Å². The molecule has 1 atom stereocenters. The maximum atomic E-state index is 12.8. The highest BCUT2D eigenvalue weighted by Crippen LogP contribution is 2.13. The van der Waals surface area contributed by atoms with Crippen molar-refractivity contribution in [3.63, 3.8) is 0 Å². The molecule has 1 N–H and O–H groups in total. The third-order valence-electron chi connectivity index (χ3n) is 4.36. The first-order valence-electron chi connectivity index (χ1n) is 8.85. The van der Waals surface area contributed by atoms with Gasteiger partial charge in [-0.2, -0.15) is 0 Å². The van der Waals surface area contributed by atoms with Crippen LogP contribution >= 0.6 is 11.3 Å². The van der Waals surface area contributed by atoms with Crippen LogP contribution in [0, 0.1) is 6.92 Å². The van der Waals surface area contributed by atoms with Gasteiger partial charge in [0.1, 0.15) is 6.04 Å². The molecule has 1 aromatic heterocycles. The summed E-state index contributed by atoms with van der Waals surface area (Å²) in [5.41, 5.74) is 1.79. The molecule has 2 aromatic rings. The number of thiazole rings is 1. The number of carbonyl (C=O) groups is 2. The number of hydrogen-bond acceptors (Lipinski definition) is 4. The fourth-order valence-electron chi connectivity index (χ4n) is 3.05. The minimum atomic E-state index is -0.551. The molecule has 0 spiro atoms. The molecule has 0 bridgehead atoms. The second kappa shape index (κ2) is 8.76. The van der Waals surface area contributed by atoms with Gasteiger partial charge in [-0.15, -0.1) is 11.3 Å². The lowest BCUT2D eigenvalue weighted by Gasteiger charge is -2.23. The smallest absolute Gasteiger partial charge is 0.245 e. The number of aromatic nitrogens is 1. The van der Waals surface area contributed by atoms with Crippen LogP contribution in [-0.4, -0.2) is 40.8 Å². The molecule has 0 saturated carbocycles. The Kier molecular flexibility index (Phi) is 6.17. The Labute approximate surface area is 157 Å². The van der Waals surface area contributed by atoms with E-state index in [0.29, 0.717) is 6.42 Å². The molecule has 3 rings (SSSR count). The minimum absolute atomic E-state index is 0.00222. The zero-order valence-corrected chi connectivity index (χ0v) is 15.7. The Morgan fingerprint density at radius 2 is 2.00 bits per heavy atom. The van der Waals surface area contributed by atoms with Crippen LogP contribution in [0.4, 0.5) is 0 Å². The standard InChI is InChI=1S/C20H23N3O2S/c1-15-21-17(14-26-15)9-10-19(24)22-18(13-16-7-3-2-4-8-16)20(25)23-11-5-6-12-23/h2-4,7-10,14,18H,5-6,11-13H2,1H3,(H,22,24). The van der Waals surface area contributed by atoms with Crippen LogP contribution in [0.5, 0.6) is 0 Å². The fraction of sp³-hybridized carbons (Fsp3) is 0.350. The lowest BCUT2D eigenvalue weighted by Crippen LogP contribution is -2.48. The lowest BCUT2D eigenvalue weighted by molar-refractivity contribution is -0.134. The third kappa shape index (κ3) is 5.02. The number of hydrogen-bond donors (Lipinski definition) is 1. The molecule has 1 aromatic carbocycles. The summed E-state index contributed by atoms with van der Waals surface area (Å²) in [6, 6.07) is 9.23. The summed E-state index contributed by atoms with van der Waals surface area (Å²) in [7, 11) is 0. The fourth-order valence-corrected chi connectivity index (χ4v) is 3.63.